The van der Waals surface area contributed by atoms with Gasteiger partial charge in [-0.3, -0.25) is 0 Å². The normalized spacial score (nSPS) is 23.5. The fourth-order valence-corrected chi connectivity index (χ4v) is 3.95. The maximum Gasteiger partial charge on any atom is 0.245 e. The highest BCUT2D eigenvalue weighted by Crippen LogP contribution is 2.27. The SMILES string of the molecule is CN(CC1CCCCC1O)S(=O)(=O)c1ccc(F)cc1F. The summed E-state index contributed by atoms with van der Waals surface area (Å²) < 4.78 is 52.2. The summed E-state index contributed by atoms with van der Waals surface area (Å²) in [6.07, 6.45) is 2.74. The molecule has 1 saturated carbocycles. The number of aliphatic hydroxyl groups excluding tert-OH is 1. The number of hydrogen-bond donors (Lipinski definition) is 1. The lowest BCUT2D eigenvalue weighted by Gasteiger charge is -2.30. The second kappa shape index (κ2) is 6.37. The summed E-state index contributed by atoms with van der Waals surface area (Å²) in [5.74, 6) is -2.08. The maximum absolute atomic E-state index is 13.7. The molecule has 1 aliphatic rings. The number of sulfonamides is 1. The molecule has 0 bridgehead atoms. The van der Waals surface area contributed by atoms with Crippen LogP contribution in [0.25, 0.3) is 0 Å². The van der Waals surface area contributed by atoms with Crippen LogP contribution in [0.4, 0.5) is 8.78 Å². The first kappa shape index (κ1) is 16.3. The number of hydrogen-bond acceptors (Lipinski definition) is 3. The van der Waals surface area contributed by atoms with Crippen LogP contribution in [0.5, 0.6) is 0 Å². The molecule has 1 aromatic rings. The largest absolute Gasteiger partial charge is 0.393 e. The number of aliphatic hydroxyl groups is 1. The van der Waals surface area contributed by atoms with Gasteiger partial charge in [0, 0.05) is 19.7 Å². The summed E-state index contributed by atoms with van der Waals surface area (Å²) >= 11 is 0. The highest BCUT2D eigenvalue weighted by molar-refractivity contribution is 7.89. The highest BCUT2D eigenvalue weighted by atomic mass is 32.2. The molecule has 1 N–H and O–H groups in total. The second-order valence-electron chi connectivity index (χ2n) is 5.47. The van der Waals surface area contributed by atoms with E-state index in [1.54, 1.807) is 0 Å². The van der Waals surface area contributed by atoms with Crippen molar-refractivity contribution in [2.24, 2.45) is 5.92 Å². The first-order valence-corrected chi connectivity index (χ1v) is 8.36. The molecule has 1 fully saturated rings. The summed E-state index contributed by atoms with van der Waals surface area (Å²) in [7, 11) is -2.68. The van der Waals surface area contributed by atoms with Gasteiger partial charge in [0.25, 0.3) is 0 Å². The number of halogens is 2. The minimum absolute atomic E-state index is 0.125. The van der Waals surface area contributed by atoms with Crippen LogP contribution in [0, 0.1) is 17.6 Å². The molecule has 2 atom stereocenters. The fraction of sp³-hybridized carbons (Fsp3) is 0.571. The van der Waals surface area contributed by atoms with Gasteiger partial charge in [-0.15, -0.1) is 0 Å². The zero-order chi connectivity index (χ0) is 15.6. The van der Waals surface area contributed by atoms with E-state index in [1.807, 2.05) is 0 Å². The average molecular weight is 319 g/mol. The predicted octanol–water partition coefficient (Wildman–Crippen LogP) is 2.14. The summed E-state index contributed by atoms with van der Waals surface area (Å²) in [4.78, 5) is -0.545. The Morgan fingerprint density at radius 2 is 1.95 bits per heavy atom. The summed E-state index contributed by atoms with van der Waals surface area (Å²) in [6.45, 7) is 0.125. The molecule has 4 nitrogen and oxygen atoms in total. The fourth-order valence-electron chi connectivity index (χ4n) is 2.68. The molecule has 2 rings (SSSR count). The van der Waals surface area contributed by atoms with Crippen molar-refractivity contribution >= 4 is 10.0 Å². The van der Waals surface area contributed by atoms with Crippen LogP contribution in [0.15, 0.2) is 23.1 Å². The Morgan fingerprint density at radius 1 is 1.29 bits per heavy atom. The summed E-state index contributed by atoms with van der Waals surface area (Å²) in [5.41, 5.74) is 0. The molecule has 2 unspecified atom stereocenters. The van der Waals surface area contributed by atoms with Crippen LogP contribution in [-0.4, -0.2) is 37.5 Å². The van der Waals surface area contributed by atoms with Gasteiger partial charge in [-0.1, -0.05) is 12.8 Å². The minimum Gasteiger partial charge on any atom is -0.393 e. The monoisotopic (exact) mass is 319 g/mol. The first-order chi connectivity index (χ1) is 9.82. The minimum atomic E-state index is -4.03. The third-order valence-corrected chi connectivity index (χ3v) is 5.80. The number of rotatable bonds is 4. The van der Waals surface area contributed by atoms with Gasteiger partial charge < -0.3 is 5.11 Å². The summed E-state index contributed by atoms with van der Waals surface area (Å²) in [5, 5.41) is 9.90. The molecular formula is C14H19F2NO3S. The Morgan fingerprint density at radius 3 is 2.57 bits per heavy atom. The second-order valence-corrected chi connectivity index (χ2v) is 7.49. The Balaban J connectivity index is 2.18. The van der Waals surface area contributed by atoms with E-state index in [2.05, 4.69) is 0 Å². The van der Waals surface area contributed by atoms with E-state index in [0.29, 0.717) is 12.5 Å². The van der Waals surface area contributed by atoms with Gasteiger partial charge in [-0.05, 0) is 30.9 Å². The summed E-state index contributed by atoms with van der Waals surface area (Å²) in [6, 6.07) is 2.39. The van der Waals surface area contributed by atoms with Crippen LogP contribution in [0.3, 0.4) is 0 Å². The molecule has 7 heteroatoms. The standard InChI is InChI=1S/C14H19F2NO3S/c1-17(9-10-4-2-3-5-13(10)18)21(19,20)14-7-6-11(15)8-12(14)16/h6-8,10,13,18H,2-5,9H2,1H3. The molecule has 0 radical (unpaired) electrons. The van der Waals surface area contributed by atoms with Crippen molar-refractivity contribution in [3.63, 3.8) is 0 Å². The van der Waals surface area contributed by atoms with Crippen molar-refractivity contribution in [2.75, 3.05) is 13.6 Å². The maximum atomic E-state index is 13.7. The number of benzene rings is 1. The number of nitrogens with zero attached hydrogens (tertiary/aromatic N) is 1. The molecule has 0 spiro atoms. The van der Waals surface area contributed by atoms with Crippen molar-refractivity contribution in [1.82, 2.24) is 4.31 Å². The van der Waals surface area contributed by atoms with Gasteiger partial charge >= 0.3 is 0 Å². The van der Waals surface area contributed by atoms with Crippen LogP contribution < -0.4 is 0 Å². The smallest absolute Gasteiger partial charge is 0.245 e. The van der Waals surface area contributed by atoms with Crippen LogP contribution in [0.1, 0.15) is 25.7 Å². The van der Waals surface area contributed by atoms with Gasteiger partial charge in [0.2, 0.25) is 10.0 Å². The zero-order valence-electron chi connectivity index (χ0n) is 11.8. The van der Waals surface area contributed by atoms with Crippen molar-refractivity contribution in [2.45, 2.75) is 36.7 Å². The Bertz CT molecular complexity index is 606. The van der Waals surface area contributed by atoms with Gasteiger partial charge in [-0.25, -0.2) is 21.5 Å². The molecule has 0 heterocycles. The van der Waals surface area contributed by atoms with Gasteiger partial charge in [0.1, 0.15) is 16.5 Å². The van der Waals surface area contributed by atoms with Gasteiger partial charge in [-0.2, -0.15) is 0 Å². The lowest BCUT2D eigenvalue weighted by molar-refractivity contribution is 0.0620. The molecule has 1 aliphatic carbocycles. The van der Waals surface area contributed by atoms with E-state index in [0.717, 1.165) is 35.7 Å². The van der Waals surface area contributed by atoms with E-state index in [4.69, 9.17) is 0 Å². The van der Waals surface area contributed by atoms with E-state index in [9.17, 15) is 22.3 Å². The van der Waals surface area contributed by atoms with Crippen LogP contribution in [0.2, 0.25) is 0 Å². The average Bonchev–Trinajstić information content (AvgIpc) is 2.40. The molecule has 118 valence electrons. The van der Waals surface area contributed by atoms with Crippen molar-refractivity contribution < 1.29 is 22.3 Å². The predicted molar refractivity (Wildman–Crippen MR) is 74.1 cm³/mol. The van der Waals surface area contributed by atoms with E-state index in [1.165, 1.54) is 7.05 Å². The Kier molecular flexibility index (Phi) is 4.95. The van der Waals surface area contributed by atoms with Gasteiger partial charge in [0.15, 0.2) is 0 Å². The Labute approximate surface area is 123 Å². The van der Waals surface area contributed by atoms with Crippen LogP contribution >= 0.6 is 0 Å². The molecule has 21 heavy (non-hydrogen) atoms. The third kappa shape index (κ3) is 3.59. The molecule has 1 aromatic carbocycles. The van der Waals surface area contributed by atoms with Gasteiger partial charge in [0.05, 0.1) is 6.10 Å². The lowest BCUT2D eigenvalue weighted by atomic mass is 9.86. The molecule has 0 aliphatic heterocycles. The van der Waals surface area contributed by atoms with Crippen molar-refractivity contribution in [3.05, 3.63) is 29.8 Å². The van der Waals surface area contributed by atoms with Crippen LogP contribution in [-0.2, 0) is 10.0 Å². The van der Waals surface area contributed by atoms with E-state index in [-0.39, 0.29) is 12.5 Å². The quantitative estimate of drug-likeness (QED) is 0.925. The van der Waals surface area contributed by atoms with Crippen molar-refractivity contribution in [1.29, 1.82) is 0 Å². The topological polar surface area (TPSA) is 57.6 Å². The molecule has 0 amide bonds. The lowest BCUT2D eigenvalue weighted by Crippen LogP contribution is -2.38. The Hall–Kier alpha value is -1.05. The van der Waals surface area contributed by atoms with E-state index < -0.39 is 32.7 Å². The highest BCUT2D eigenvalue weighted by Gasteiger charge is 2.30. The van der Waals surface area contributed by atoms with Crippen molar-refractivity contribution in [3.8, 4) is 0 Å². The molecular weight excluding hydrogens is 300 g/mol. The van der Waals surface area contributed by atoms with E-state index >= 15 is 0 Å². The third-order valence-electron chi connectivity index (χ3n) is 3.94. The first-order valence-electron chi connectivity index (χ1n) is 6.92. The molecule has 0 aromatic heterocycles. The zero-order valence-corrected chi connectivity index (χ0v) is 12.6. The molecule has 0 saturated heterocycles.